The number of carbonyl (C=O) groups excluding carboxylic acids is 1. The van der Waals surface area contributed by atoms with Crippen molar-refractivity contribution in [3.8, 4) is 17.6 Å². The van der Waals surface area contributed by atoms with Gasteiger partial charge in [0.15, 0.2) is 0 Å². The number of carbonyl (C=O) groups is 1. The minimum atomic E-state index is -0.489. The van der Waals surface area contributed by atoms with Crippen molar-refractivity contribution in [1.82, 2.24) is 0 Å². The van der Waals surface area contributed by atoms with Crippen LogP contribution < -0.4 is 14.8 Å². The summed E-state index contributed by atoms with van der Waals surface area (Å²) in [5.74, 6) is 0.878. The first-order chi connectivity index (χ1) is 18.4. The predicted molar refractivity (Wildman–Crippen MR) is 154 cm³/mol. The molecule has 0 aliphatic carbocycles. The van der Waals surface area contributed by atoms with E-state index in [1.807, 2.05) is 54.6 Å². The van der Waals surface area contributed by atoms with Gasteiger partial charge in [0.25, 0.3) is 5.91 Å². The molecule has 0 saturated carbocycles. The zero-order chi connectivity index (χ0) is 26.9. The maximum atomic E-state index is 12.7. The summed E-state index contributed by atoms with van der Waals surface area (Å²) in [5.41, 5.74) is 5.81. The van der Waals surface area contributed by atoms with Crippen LogP contribution in [0, 0.1) is 25.2 Å². The highest BCUT2D eigenvalue weighted by Crippen LogP contribution is 2.28. The van der Waals surface area contributed by atoms with Gasteiger partial charge in [0.2, 0.25) is 0 Å². The number of hydrogen-bond donors (Lipinski definition) is 1. The minimum Gasteiger partial charge on any atom is -0.489 e. The van der Waals surface area contributed by atoms with Gasteiger partial charge in [-0.15, -0.1) is 0 Å². The molecule has 5 nitrogen and oxygen atoms in total. The van der Waals surface area contributed by atoms with Gasteiger partial charge in [0.05, 0.1) is 4.47 Å². The summed E-state index contributed by atoms with van der Waals surface area (Å²) in [7, 11) is 0. The highest BCUT2D eigenvalue weighted by Gasteiger charge is 2.11. The molecule has 0 spiro atoms. The molecule has 190 valence electrons. The summed E-state index contributed by atoms with van der Waals surface area (Å²) in [4.78, 5) is 12.7. The van der Waals surface area contributed by atoms with E-state index in [2.05, 4.69) is 53.3 Å². The Hall–Kier alpha value is -4.34. The topological polar surface area (TPSA) is 71.3 Å². The molecule has 4 rings (SSSR count). The Labute approximate surface area is 231 Å². The fraction of sp³-hybridized carbons (Fsp3) is 0.125. The second-order valence-electron chi connectivity index (χ2n) is 8.90. The summed E-state index contributed by atoms with van der Waals surface area (Å²) >= 11 is 3.54. The van der Waals surface area contributed by atoms with Crippen LogP contribution in [0.4, 0.5) is 5.69 Å². The zero-order valence-corrected chi connectivity index (χ0v) is 22.8. The quantitative estimate of drug-likeness (QED) is 0.166. The number of halogens is 1. The molecule has 0 bridgehead atoms. The van der Waals surface area contributed by atoms with Gasteiger partial charge in [-0.25, -0.2) is 0 Å². The summed E-state index contributed by atoms with van der Waals surface area (Å²) in [6, 6.07) is 30.7. The number of nitrogens with one attached hydrogen (secondary N) is 1. The third-order valence-electron chi connectivity index (χ3n) is 5.67. The van der Waals surface area contributed by atoms with Crippen LogP contribution in [-0.4, -0.2) is 5.91 Å². The van der Waals surface area contributed by atoms with Crippen LogP contribution in [0.1, 0.15) is 27.8 Å². The van der Waals surface area contributed by atoms with Gasteiger partial charge in [0.1, 0.15) is 36.4 Å². The summed E-state index contributed by atoms with van der Waals surface area (Å²) in [6.45, 7) is 5.03. The Morgan fingerprint density at radius 2 is 1.55 bits per heavy atom. The number of anilines is 1. The third kappa shape index (κ3) is 7.58. The molecule has 1 N–H and O–H groups in total. The monoisotopic (exact) mass is 566 g/mol. The molecule has 0 aromatic heterocycles. The Morgan fingerprint density at radius 1 is 0.868 bits per heavy atom. The molecule has 6 heteroatoms. The van der Waals surface area contributed by atoms with E-state index in [9.17, 15) is 10.1 Å². The van der Waals surface area contributed by atoms with E-state index < -0.39 is 5.91 Å². The number of aryl methyl sites for hydroxylation is 2. The summed E-state index contributed by atoms with van der Waals surface area (Å²) in [6.07, 6.45) is 1.55. The van der Waals surface area contributed by atoms with Gasteiger partial charge in [-0.1, -0.05) is 65.7 Å². The van der Waals surface area contributed by atoms with Crippen LogP contribution in [0.3, 0.4) is 0 Å². The standard InChI is InChI=1S/C32H27BrN2O3/c1-22-14-23(2)16-26(15-22)21-38-31-13-8-25(18-30(31)33)17-27(19-34)32(36)35-28-9-11-29(12-10-28)37-20-24-6-4-3-5-7-24/h3-18H,20-21H2,1-2H3,(H,35,36)/b27-17+. The van der Waals surface area contributed by atoms with Crippen molar-refractivity contribution in [3.63, 3.8) is 0 Å². The van der Waals surface area contributed by atoms with Crippen LogP contribution >= 0.6 is 15.9 Å². The third-order valence-corrected chi connectivity index (χ3v) is 6.29. The van der Waals surface area contributed by atoms with Crippen molar-refractivity contribution in [2.75, 3.05) is 5.32 Å². The van der Waals surface area contributed by atoms with Gasteiger partial charge >= 0.3 is 0 Å². The molecule has 4 aromatic rings. The van der Waals surface area contributed by atoms with Crippen molar-refractivity contribution in [1.29, 1.82) is 5.26 Å². The molecular weight excluding hydrogens is 540 g/mol. The van der Waals surface area contributed by atoms with Gasteiger partial charge in [-0.05, 0) is 88.9 Å². The molecule has 0 aliphatic heterocycles. The normalized spacial score (nSPS) is 10.9. The van der Waals surface area contributed by atoms with E-state index in [1.165, 1.54) is 11.1 Å². The molecule has 0 heterocycles. The Balaban J connectivity index is 1.36. The van der Waals surface area contributed by atoms with Crippen LogP contribution in [0.25, 0.3) is 6.08 Å². The molecule has 38 heavy (non-hydrogen) atoms. The fourth-order valence-corrected chi connectivity index (χ4v) is 4.44. The molecule has 0 saturated heterocycles. The van der Waals surface area contributed by atoms with E-state index in [0.29, 0.717) is 36.0 Å². The van der Waals surface area contributed by atoms with E-state index in [-0.39, 0.29) is 5.57 Å². The molecule has 0 fully saturated rings. The lowest BCUT2D eigenvalue weighted by atomic mass is 10.1. The van der Waals surface area contributed by atoms with E-state index in [0.717, 1.165) is 15.6 Å². The highest BCUT2D eigenvalue weighted by molar-refractivity contribution is 9.10. The van der Waals surface area contributed by atoms with E-state index in [1.54, 1.807) is 30.3 Å². The molecule has 0 unspecified atom stereocenters. The molecule has 1 amide bonds. The molecule has 4 aromatic carbocycles. The summed E-state index contributed by atoms with van der Waals surface area (Å²) < 4.78 is 12.5. The van der Waals surface area contributed by atoms with E-state index in [4.69, 9.17) is 9.47 Å². The number of rotatable bonds is 9. The number of nitriles is 1. The first-order valence-corrected chi connectivity index (χ1v) is 12.9. The highest BCUT2D eigenvalue weighted by atomic mass is 79.9. The van der Waals surface area contributed by atoms with Gasteiger partial charge in [-0.2, -0.15) is 5.26 Å². The number of amides is 1. The van der Waals surface area contributed by atoms with Crippen LogP contribution in [0.5, 0.6) is 11.5 Å². The number of ether oxygens (including phenoxy) is 2. The lowest BCUT2D eigenvalue weighted by Crippen LogP contribution is -2.13. The number of hydrogen-bond acceptors (Lipinski definition) is 4. The summed E-state index contributed by atoms with van der Waals surface area (Å²) in [5, 5.41) is 12.4. The lowest BCUT2D eigenvalue weighted by Gasteiger charge is -2.11. The fourth-order valence-electron chi connectivity index (χ4n) is 3.93. The molecule has 0 atom stereocenters. The molecular formula is C32H27BrN2O3. The maximum absolute atomic E-state index is 12.7. The average molecular weight is 567 g/mol. The van der Waals surface area contributed by atoms with Gasteiger partial charge in [0, 0.05) is 5.69 Å². The van der Waals surface area contributed by atoms with Crippen molar-refractivity contribution >= 4 is 33.6 Å². The van der Waals surface area contributed by atoms with E-state index >= 15 is 0 Å². The van der Waals surface area contributed by atoms with Crippen molar-refractivity contribution in [2.24, 2.45) is 0 Å². The van der Waals surface area contributed by atoms with Gasteiger partial charge in [-0.3, -0.25) is 4.79 Å². The lowest BCUT2D eigenvalue weighted by molar-refractivity contribution is -0.112. The Bertz CT molecular complexity index is 1470. The predicted octanol–water partition coefficient (Wildman–Crippen LogP) is 7.77. The number of benzene rings is 4. The minimum absolute atomic E-state index is 0.00907. The zero-order valence-electron chi connectivity index (χ0n) is 21.2. The van der Waals surface area contributed by atoms with Crippen molar-refractivity contribution in [3.05, 3.63) is 129 Å². The molecule has 0 radical (unpaired) electrons. The van der Waals surface area contributed by atoms with Crippen LogP contribution in [-0.2, 0) is 18.0 Å². The first kappa shape index (κ1) is 26.7. The van der Waals surface area contributed by atoms with Crippen molar-refractivity contribution < 1.29 is 14.3 Å². The Kier molecular flexibility index (Phi) is 8.97. The number of nitrogens with zero attached hydrogens (tertiary/aromatic N) is 1. The van der Waals surface area contributed by atoms with Gasteiger partial charge < -0.3 is 14.8 Å². The largest absolute Gasteiger partial charge is 0.489 e. The maximum Gasteiger partial charge on any atom is 0.266 e. The average Bonchev–Trinajstić information content (AvgIpc) is 2.91. The van der Waals surface area contributed by atoms with Crippen LogP contribution in [0.15, 0.2) is 101 Å². The smallest absolute Gasteiger partial charge is 0.266 e. The van der Waals surface area contributed by atoms with Crippen molar-refractivity contribution in [2.45, 2.75) is 27.1 Å². The molecule has 0 aliphatic rings. The Morgan fingerprint density at radius 3 is 2.21 bits per heavy atom. The first-order valence-electron chi connectivity index (χ1n) is 12.1. The second-order valence-corrected chi connectivity index (χ2v) is 9.75. The van der Waals surface area contributed by atoms with Crippen LogP contribution in [0.2, 0.25) is 0 Å². The second kappa shape index (κ2) is 12.8. The SMILES string of the molecule is Cc1cc(C)cc(COc2ccc(/C=C(\C#N)C(=O)Nc3ccc(OCc4ccccc4)cc3)cc2Br)c1.